The lowest BCUT2D eigenvalue weighted by molar-refractivity contribution is -0.132. The Balaban J connectivity index is 1.43. The maximum atomic E-state index is 12.8. The van der Waals surface area contributed by atoms with Crippen LogP contribution in [0.2, 0.25) is 0 Å². The van der Waals surface area contributed by atoms with Gasteiger partial charge in [-0.15, -0.1) is 0 Å². The quantitative estimate of drug-likeness (QED) is 0.383. The van der Waals surface area contributed by atoms with Crippen LogP contribution in [-0.2, 0) is 17.8 Å². The van der Waals surface area contributed by atoms with Crippen molar-refractivity contribution in [2.45, 2.75) is 65.0 Å². The van der Waals surface area contributed by atoms with Crippen LogP contribution in [0.25, 0.3) is 0 Å². The molecule has 7 nitrogen and oxygen atoms in total. The molecule has 32 heavy (non-hydrogen) atoms. The highest BCUT2D eigenvalue weighted by atomic mass is 16.5. The SMILES string of the molecule is CN=C(NCCCC(=O)N1CCc2cc(OC)c(OC)cc2C1)NC1CC(C)CC(C)C1. The van der Waals surface area contributed by atoms with Gasteiger partial charge in [0.05, 0.1) is 14.2 Å². The third-order valence-corrected chi connectivity index (χ3v) is 6.67. The summed E-state index contributed by atoms with van der Waals surface area (Å²) in [5.41, 5.74) is 2.37. The Hall–Kier alpha value is -2.44. The van der Waals surface area contributed by atoms with E-state index in [1.807, 2.05) is 24.1 Å². The minimum atomic E-state index is 0.199. The smallest absolute Gasteiger partial charge is 0.222 e. The molecule has 1 heterocycles. The highest BCUT2D eigenvalue weighted by molar-refractivity contribution is 5.80. The molecule has 1 aliphatic carbocycles. The number of benzene rings is 1. The Morgan fingerprint density at radius 3 is 2.38 bits per heavy atom. The van der Waals surface area contributed by atoms with Crippen LogP contribution in [0.5, 0.6) is 11.5 Å². The van der Waals surface area contributed by atoms with E-state index in [1.165, 1.54) is 24.8 Å². The van der Waals surface area contributed by atoms with Crippen molar-refractivity contribution in [3.8, 4) is 11.5 Å². The number of guanidine groups is 1. The van der Waals surface area contributed by atoms with Crippen molar-refractivity contribution in [2.75, 3.05) is 34.4 Å². The molecule has 178 valence electrons. The number of hydrogen-bond donors (Lipinski definition) is 2. The van der Waals surface area contributed by atoms with Gasteiger partial charge in [0.25, 0.3) is 0 Å². The van der Waals surface area contributed by atoms with Crippen molar-refractivity contribution in [3.05, 3.63) is 23.3 Å². The monoisotopic (exact) mass is 444 g/mol. The Morgan fingerprint density at radius 2 is 1.75 bits per heavy atom. The topological polar surface area (TPSA) is 75.2 Å². The third-order valence-electron chi connectivity index (χ3n) is 6.67. The van der Waals surface area contributed by atoms with Crippen molar-refractivity contribution < 1.29 is 14.3 Å². The van der Waals surface area contributed by atoms with Crippen LogP contribution >= 0.6 is 0 Å². The molecule has 0 radical (unpaired) electrons. The van der Waals surface area contributed by atoms with E-state index in [2.05, 4.69) is 29.5 Å². The lowest BCUT2D eigenvalue weighted by Gasteiger charge is -2.33. The summed E-state index contributed by atoms with van der Waals surface area (Å²) in [5, 5.41) is 6.96. The lowest BCUT2D eigenvalue weighted by Crippen LogP contribution is -2.46. The molecule has 1 fully saturated rings. The molecule has 2 unspecified atom stereocenters. The van der Waals surface area contributed by atoms with Gasteiger partial charge >= 0.3 is 0 Å². The van der Waals surface area contributed by atoms with Crippen LogP contribution in [0.15, 0.2) is 17.1 Å². The molecule has 2 atom stereocenters. The molecule has 0 bridgehead atoms. The number of rotatable bonds is 7. The number of carbonyl (C=O) groups excluding carboxylic acids is 1. The lowest BCUT2D eigenvalue weighted by atomic mass is 9.80. The van der Waals surface area contributed by atoms with Crippen LogP contribution in [-0.4, -0.2) is 57.2 Å². The average molecular weight is 445 g/mol. The summed E-state index contributed by atoms with van der Waals surface area (Å²) in [7, 11) is 5.10. The van der Waals surface area contributed by atoms with Gasteiger partial charge in [0.1, 0.15) is 0 Å². The van der Waals surface area contributed by atoms with Gasteiger partial charge in [0, 0.05) is 39.1 Å². The highest BCUT2D eigenvalue weighted by Gasteiger charge is 2.25. The minimum Gasteiger partial charge on any atom is -0.493 e. The van der Waals surface area contributed by atoms with Crippen LogP contribution in [0.3, 0.4) is 0 Å². The number of nitrogens with zero attached hydrogens (tertiary/aromatic N) is 2. The number of ether oxygens (including phenoxy) is 2. The summed E-state index contributed by atoms with van der Waals surface area (Å²) in [6, 6.07) is 4.51. The predicted octanol–water partition coefficient (Wildman–Crippen LogP) is 3.36. The number of amides is 1. The van der Waals surface area contributed by atoms with Crippen LogP contribution in [0.1, 0.15) is 57.1 Å². The summed E-state index contributed by atoms with van der Waals surface area (Å²) >= 11 is 0. The Morgan fingerprint density at radius 1 is 1.09 bits per heavy atom. The largest absolute Gasteiger partial charge is 0.493 e. The molecular weight excluding hydrogens is 404 g/mol. The van der Waals surface area contributed by atoms with Crippen molar-refractivity contribution >= 4 is 11.9 Å². The number of nitrogens with one attached hydrogen (secondary N) is 2. The Labute approximate surface area is 192 Å². The third kappa shape index (κ3) is 6.30. The maximum Gasteiger partial charge on any atom is 0.222 e. The fraction of sp³-hybridized carbons (Fsp3) is 0.680. The first kappa shape index (κ1) is 24.2. The zero-order valence-electron chi connectivity index (χ0n) is 20.4. The molecule has 3 rings (SSSR count). The van der Waals surface area contributed by atoms with Crippen LogP contribution in [0.4, 0.5) is 0 Å². The van der Waals surface area contributed by atoms with Crippen molar-refractivity contribution in [3.63, 3.8) is 0 Å². The van der Waals surface area contributed by atoms with Gasteiger partial charge in [0.2, 0.25) is 5.91 Å². The van der Waals surface area contributed by atoms with Crippen LogP contribution < -0.4 is 20.1 Å². The van der Waals surface area contributed by atoms with E-state index in [4.69, 9.17) is 9.47 Å². The van der Waals surface area contributed by atoms with Crippen molar-refractivity contribution in [2.24, 2.45) is 16.8 Å². The predicted molar refractivity (Wildman–Crippen MR) is 128 cm³/mol. The molecule has 2 aliphatic rings. The van der Waals surface area contributed by atoms with Gasteiger partial charge in [0.15, 0.2) is 17.5 Å². The number of fused-ring (bicyclic) bond motifs is 1. The molecule has 0 spiro atoms. The number of carbonyl (C=O) groups is 1. The van der Waals surface area contributed by atoms with Crippen molar-refractivity contribution in [1.82, 2.24) is 15.5 Å². The van der Waals surface area contributed by atoms with E-state index in [-0.39, 0.29) is 5.91 Å². The first-order valence-corrected chi connectivity index (χ1v) is 11.9. The maximum absolute atomic E-state index is 12.8. The first-order chi connectivity index (χ1) is 15.4. The van der Waals surface area contributed by atoms with Crippen LogP contribution in [0, 0.1) is 11.8 Å². The standard InChI is InChI=1S/C25H40N4O3/c1-17-11-18(2)13-21(12-17)28-25(26-3)27-9-6-7-24(30)29-10-8-19-14-22(31-4)23(32-5)15-20(19)16-29/h14-15,17-18,21H,6-13,16H2,1-5H3,(H2,26,27,28). The second-order valence-electron chi connectivity index (χ2n) is 9.40. The normalized spacial score (nSPS) is 23.3. The average Bonchev–Trinajstić information content (AvgIpc) is 2.78. The van der Waals surface area contributed by atoms with Crippen molar-refractivity contribution in [1.29, 1.82) is 0 Å². The van der Waals surface area contributed by atoms with Gasteiger partial charge in [-0.05, 0) is 67.2 Å². The summed E-state index contributed by atoms with van der Waals surface area (Å²) in [5.74, 6) is 4.01. The molecular formula is C25H40N4O3. The summed E-state index contributed by atoms with van der Waals surface area (Å²) < 4.78 is 10.8. The summed E-state index contributed by atoms with van der Waals surface area (Å²) in [6.45, 7) is 6.77. The molecule has 1 aromatic carbocycles. The summed E-state index contributed by atoms with van der Waals surface area (Å²) in [4.78, 5) is 19.1. The number of methoxy groups -OCH3 is 2. The molecule has 1 aromatic rings. The van der Waals surface area contributed by atoms with Gasteiger partial charge < -0.3 is 25.0 Å². The molecule has 0 saturated heterocycles. The van der Waals surface area contributed by atoms with Gasteiger partial charge in [-0.1, -0.05) is 13.8 Å². The fourth-order valence-corrected chi connectivity index (χ4v) is 5.15. The van der Waals surface area contributed by atoms with Gasteiger partial charge in [-0.25, -0.2) is 0 Å². The van der Waals surface area contributed by atoms with E-state index >= 15 is 0 Å². The van der Waals surface area contributed by atoms with E-state index in [0.717, 1.165) is 55.0 Å². The Bertz CT molecular complexity index is 801. The highest BCUT2D eigenvalue weighted by Crippen LogP contribution is 2.33. The van der Waals surface area contributed by atoms with Gasteiger partial charge in [-0.3, -0.25) is 9.79 Å². The van der Waals surface area contributed by atoms with E-state index in [0.29, 0.717) is 24.8 Å². The van der Waals surface area contributed by atoms with Gasteiger partial charge in [-0.2, -0.15) is 0 Å². The Kier molecular flexibility index (Phi) is 8.65. The molecule has 0 aromatic heterocycles. The molecule has 1 aliphatic heterocycles. The summed E-state index contributed by atoms with van der Waals surface area (Å²) in [6.07, 6.45) is 5.85. The fourth-order valence-electron chi connectivity index (χ4n) is 5.15. The molecule has 7 heteroatoms. The molecule has 1 amide bonds. The number of hydrogen-bond acceptors (Lipinski definition) is 4. The zero-order valence-corrected chi connectivity index (χ0v) is 20.4. The second kappa shape index (κ2) is 11.4. The molecule has 1 saturated carbocycles. The van der Waals surface area contributed by atoms with E-state index in [9.17, 15) is 4.79 Å². The first-order valence-electron chi connectivity index (χ1n) is 11.9. The zero-order chi connectivity index (χ0) is 23.1. The van der Waals surface area contributed by atoms with E-state index < -0.39 is 0 Å². The second-order valence-corrected chi connectivity index (χ2v) is 9.40. The molecule has 2 N–H and O–H groups in total. The number of aliphatic imine (C=N–C) groups is 1. The minimum absolute atomic E-state index is 0.199. The van der Waals surface area contributed by atoms with E-state index in [1.54, 1.807) is 14.2 Å².